The molecule has 0 aromatic rings. The lowest BCUT2D eigenvalue weighted by Crippen LogP contribution is -2.32. The minimum absolute atomic E-state index is 0.213. The summed E-state index contributed by atoms with van der Waals surface area (Å²) in [5.41, 5.74) is 0. The van der Waals surface area contributed by atoms with Crippen molar-refractivity contribution < 1.29 is 23.9 Å². The second-order valence-electron chi connectivity index (χ2n) is 3.89. The molecule has 0 radical (unpaired) electrons. The number of hydrogen-bond acceptors (Lipinski definition) is 5. The molecule has 0 heterocycles. The molecule has 6 nitrogen and oxygen atoms in total. The smallest absolute Gasteiger partial charge is 0.305 e. The summed E-state index contributed by atoms with van der Waals surface area (Å²) in [7, 11) is 2.65. The van der Waals surface area contributed by atoms with Crippen LogP contribution in [0.5, 0.6) is 0 Å². The zero-order valence-electron chi connectivity index (χ0n) is 11.5. The van der Waals surface area contributed by atoms with Gasteiger partial charge in [-0.25, -0.2) is 0 Å². The summed E-state index contributed by atoms with van der Waals surface area (Å²) >= 11 is 0. The standard InChI is InChI=1S/C13H21NO5/c1-4-11(15)14(9-5-7-12(16)18-2)10-6-8-13(17)19-3/h4H,1,5-10H2,2-3H3. The molecule has 0 saturated heterocycles. The summed E-state index contributed by atoms with van der Waals surface area (Å²) in [6, 6.07) is 0. The van der Waals surface area contributed by atoms with E-state index in [4.69, 9.17) is 0 Å². The molecular formula is C13H21NO5. The first-order chi connectivity index (χ1) is 9.04. The highest BCUT2D eigenvalue weighted by Gasteiger charge is 2.12. The molecule has 0 saturated carbocycles. The molecule has 1 amide bonds. The van der Waals surface area contributed by atoms with Crippen molar-refractivity contribution in [1.82, 2.24) is 4.90 Å². The molecule has 0 spiro atoms. The molecule has 0 aromatic carbocycles. The third kappa shape index (κ3) is 7.96. The molecule has 0 rings (SSSR count). The molecular weight excluding hydrogens is 250 g/mol. The fourth-order valence-corrected chi connectivity index (χ4v) is 1.49. The van der Waals surface area contributed by atoms with Gasteiger partial charge in [-0.3, -0.25) is 14.4 Å². The predicted octanol–water partition coefficient (Wildman–Crippen LogP) is 0.907. The molecule has 0 atom stereocenters. The first-order valence-corrected chi connectivity index (χ1v) is 6.10. The van der Waals surface area contributed by atoms with Gasteiger partial charge in [0.05, 0.1) is 14.2 Å². The maximum Gasteiger partial charge on any atom is 0.305 e. The van der Waals surface area contributed by atoms with Crippen molar-refractivity contribution in [3.05, 3.63) is 12.7 Å². The number of nitrogens with zero attached hydrogens (tertiary/aromatic N) is 1. The largest absolute Gasteiger partial charge is 0.469 e. The number of amides is 1. The number of rotatable bonds is 9. The van der Waals surface area contributed by atoms with Gasteiger partial charge >= 0.3 is 11.9 Å². The van der Waals surface area contributed by atoms with E-state index in [1.54, 1.807) is 4.90 Å². The number of carbonyl (C=O) groups excluding carboxylic acids is 3. The van der Waals surface area contributed by atoms with Gasteiger partial charge in [-0.1, -0.05) is 6.58 Å². The fourth-order valence-electron chi connectivity index (χ4n) is 1.49. The van der Waals surface area contributed by atoms with E-state index in [0.29, 0.717) is 25.9 Å². The number of carbonyl (C=O) groups is 3. The Morgan fingerprint density at radius 1 is 1.00 bits per heavy atom. The Bertz CT molecular complexity index is 305. The second-order valence-corrected chi connectivity index (χ2v) is 3.89. The minimum atomic E-state index is -0.305. The zero-order chi connectivity index (χ0) is 14.7. The second kappa shape index (κ2) is 10.1. The highest BCUT2D eigenvalue weighted by molar-refractivity contribution is 5.87. The van der Waals surface area contributed by atoms with Crippen LogP contribution in [0.25, 0.3) is 0 Å². The number of methoxy groups -OCH3 is 2. The van der Waals surface area contributed by atoms with Crippen LogP contribution in [0.2, 0.25) is 0 Å². The average molecular weight is 271 g/mol. The van der Waals surface area contributed by atoms with Crippen LogP contribution >= 0.6 is 0 Å². The molecule has 0 N–H and O–H groups in total. The predicted molar refractivity (Wildman–Crippen MR) is 69.3 cm³/mol. The Kier molecular flexibility index (Phi) is 9.12. The van der Waals surface area contributed by atoms with Crippen LogP contribution in [0.1, 0.15) is 25.7 Å². The van der Waals surface area contributed by atoms with E-state index in [-0.39, 0.29) is 30.7 Å². The lowest BCUT2D eigenvalue weighted by Gasteiger charge is -2.20. The quantitative estimate of drug-likeness (QED) is 0.460. The Labute approximate surface area is 113 Å². The summed E-state index contributed by atoms with van der Waals surface area (Å²) in [5, 5.41) is 0. The molecule has 0 unspecified atom stereocenters. The number of hydrogen-bond donors (Lipinski definition) is 0. The molecule has 0 aliphatic heterocycles. The Hall–Kier alpha value is -1.85. The van der Waals surface area contributed by atoms with Crippen molar-refractivity contribution in [3.8, 4) is 0 Å². The highest BCUT2D eigenvalue weighted by Crippen LogP contribution is 2.02. The zero-order valence-corrected chi connectivity index (χ0v) is 11.5. The number of ether oxygens (including phenoxy) is 2. The summed E-state index contributed by atoms with van der Waals surface area (Å²) in [4.78, 5) is 35.1. The van der Waals surface area contributed by atoms with Gasteiger partial charge in [0.15, 0.2) is 0 Å². The molecule has 0 fully saturated rings. The normalized spacial score (nSPS) is 9.58. The minimum Gasteiger partial charge on any atom is -0.469 e. The summed E-state index contributed by atoms with van der Waals surface area (Å²) in [6.45, 7) is 4.29. The Morgan fingerprint density at radius 3 is 1.74 bits per heavy atom. The van der Waals surface area contributed by atoms with Gasteiger partial charge in [0.2, 0.25) is 5.91 Å². The first kappa shape index (κ1) is 17.2. The highest BCUT2D eigenvalue weighted by atomic mass is 16.5. The van der Waals surface area contributed by atoms with Crippen LogP contribution in [-0.2, 0) is 23.9 Å². The van der Waals surface area contributed by atoms with E-state index in [2.05, 4.69) is 16.1 Å². The SMILES string of the molecule is C=CC(=O)N(CCCC(=O)OC)CCCC(=O)OC. The summed E-state index contributed by atoms with van der Waals surface area (Å²) in [5.74, 6) is -0.823. The van der Waals surface area contributed by atoms with Crippen molar-refractivity contribution in [2.24, 2.45) is 0 Å². The van der Waals surface area contributed by atoms with E-state index >= 15 is 0 Å². The van der Waals surface area contributed by atoms with Gasteiger partial charge in [0.1, 0.15) is 0 Å². The molecule has 6 heteroatoms. The topological polar surface area (TPSA) is 72.9 Å². The van der Waals surface area contributed by atoms with Crippen LogP contribution in [0.15, 0.2) is 12.7 Å². The van der Waals surface area contributed by atoms with Crippen LogP contribution in [0.3, 0.4) is 0 Å². The van der Waals surface area contributed by atoms with Gasteiger partial charge < -0.3 is 14.4 Å². The maximum atomic E-state index is 11.6. The van der Waals surface area contributed by atoms with Gasteiger partial charge in [0.25, 0.3) is 0 Å². The fraction of sp³-hybridized carbons (Fsp3) is 0.615. The van der Waals surface area contributed by atoms with Gasteiger partial charge in [-0.15, -0.1) is 0 Å². The third-order valence-electron chi connectivity index (χ3n) is 2.56. The van der Waals surface area contributed by atoms with Crippen LogP contribution in [0, 0.1) is 0 Å². The molecule has 0 aliphatic rings. The Balaban J connectivity index is 4.09. The average Bonchev–Trinajstić information content (AvgIpc) is 2.44. The van der Waals surface area contributed by atoms with E-state index in [1.165, 1.54) is 20.3 Å². The van der Waals surface area contributed by atoms with Crippen molar-refractivity contribution in [1.29, 1.82) is 0 Å². The summed E-state index contributed by atoms with van der Waals surface area (Å²) < 4.78 is 9.04. The molecule has 108 valence electrons. The summed E-state index contributed by atoms with van der Waals surface area (Å²) in [6.07, 6.45) is 2.77. The van der Waals surface area contributed by atoms with Crippen molar-refractivity contribution in [2.75, 3.05) is 27.3 Å². The lowest BCUT2D eigenvalue weighted by atomic mass is 10.2. The molecule has 19 heavy (non-hydrogen) atoms. The van der Waals surface area contributed by atoms with Crippen molar-refractivity contribution in [2.45, 2.75) is 25.7 Å². The molecule has 0 aliphatic carbocycles. The van der Waals surface area contributed by atoms with E-state index in [0.717, 1.165) is 0 Å². The van der Waals surface area contributed by atoms with E-state index in [9.17, 15) is 14.4 Å². The third-order valence-corrected chi connectivity index (χ3v) is 2.56. The van der Waals surface area contributed by atoms with Gasteiger partial charge in [-0.2, -0.15) is 0 Å². The maximum absolute atomic E-state index is 11.6. The Morgan fingerprint density at radius 2 is 1.42 bits per heavy atom. The number of esters is 2. The van der Waals surface area contributed by atoms with Crippen molar-refractivity contribution in [3.63, 3.8) is 0 Å². The van der Waals surface area contributed by atoms with E-state index < -0.39 is 0 Å². The van der Waals surface area contributed by atoms with Crippen LogP contribution < -0.4 is 0 Å². The molecule has 0 aromatic heterocycles. The van der Waals surface area contributed by atoms with Crippen molar-refractivity contribution >= 4 is 17.8 Å². The van der Waals surface area contributed by atoms with Gasteiger partial charge in [0, 0.05) is 25.9 Å². The lowest BCUT2D eigenvalue weighted by molar-refractivity contribution is -0.141. The monoisotopic (exact) mass is 271 g/mol. The van der Waals surface area contributed by atoms with E-state index in [1.807, 2.05) is 0 Å². The molecule has 0 bridgehead atoms. The van der Waals surface area contributed by atoms with Gasteiger partial charge in [-0.05, 0) is 18.9 Å². The van der Waals surface area contributed by atoms with Crippen LogP contribution in [-0.4, -0.2) is 50.1 Å². The van der Waals surface area contributed by atoms with Crippen LogP contribution in [0.4, 0.5) is 0 Å². The first-order valence-electron chi connectivity index (χ1n) is 6.10.